The lowest BCUT2D eigenvalue weighted by Gasteiger charge is -2.36. The lowest BCUT2D eigenvalue weighted by molar-refractivity contribution is 0.353. The molecule has 9 aromatic rings. The molecular weight excluding hydrogens is 701 g/mol. The van der Waals surface area contributed by atoms with Crippen molar-refractivity contribution in [2.75, 3.05) is 0 Å². The zero-order valence-corrected chi connectivity index (χ0v) is 32.4. The van der Waals surface area contributed by atoms with E-state index < -0.39 is 0 Å². The molecule has 0 radical (unpaired) electrons. The van der Waals surface area contributed by atoms with Crippen molar-refractivity contribution in [2.24, 2.45) is 0 Å². The summed E-state index contributed by atoms with van der Waals surface area (Å²) < 4.78 is 0. The number of hydrogen-bond donors (Lipinski definition) is 0. The number of aromatic nitrogens is 2. The summed E-state index contributed by atoms with van der Waals surface area (Å²) in [5.41, 5.74) is 18.2. The predicted molar refractivity (Wildman–Crippen MR) is 241 cm³/mol. The van der Waals surface area contributed by atoms with Crippen LogP contribution in [0.1, 0.15) is 43.2 Å². The zero-order chi connectivity index (χ0) is 38.5. The molecule has 0 N–H and O–H groups in total. The van der Waals surface area contributed by atoms with Gasteiger partial charge in [0, 0.05) is 22.1 Å². The van der Waals surface area contributed by atoms with Gasteiger partial charge in [0.2, 0.25) is 0 Å². The van der Waals surface area contributed by atoms with Crippen LogP contribution < -0.4 is 0 Å². The van der Waals surface area contributed by atoms with E-state index >= 15 is 0 Å². The smallest absolute Gasteiger partial charge is 0.160 e. The molecule has 0 atom stereocenters. The molecule has 1 saturated carbocycles. The molecule has 0 amide bonds. The van der Waals surface area contributed by atoms with Crippen molar-refractivity contribution in [3.8, 4) is 78.4 Å². The number of fused-ring (bicyclic) bond motifs is 6. The highest BCUT2D eigenvalue weighted by Gasteiger charge is 2.44. The Labute approximate surface area is 340 Å². The lowest BCUT2D eigenvalue weighted by atomic mass is 9.67. The Balaban J connectivity index is 1.04. The van der Waals surface area contributed by atoms with Gasteiger partial charge in [-0.1, -0.05) is 189 Å². The maximum Gasteiger partial charge on any atom is 0.160 e. The third kappa shape index (κ3) is 5.87. The molecule has 0 saturated heterocycles. The molecular formula is C56H42N2. The molecule has 2 heteroatoms. The first-order chi connectivity index (χ1) is 28.7. The Hall–Kier alpha value is -6.90. The molecule has 276 valence electrons. The molecule has 0 aliphatic heterocycles. The van der Waals surface area contributed by atoms with E-state index in [0.29, 0.717) is 5.82 Å². The SMILES string of the molecule is c1ccc(-c2ccc(-c3cc(-c4cccc(-c5ccccc5-c5cccc6c5-c5cc7ccccc7cc5C65CCCCC5)c4)nc(-c4ccccc4)n3)cc2)cc1. The monoisotopic (exact) mass is 742 g/mol. The van der Waals surface area contributed by atoms with E-state index in [1.807, 2.05) is 6.07 Å². The van der Waals surface area contributed by atoms with Crippen LogP contribution in [0.4, 0.5) is 0 Å². The summed E-state index contributed by atoms with van der Waals surface area (Å²) in [4.78, 5) is 10.3. The van der Waals surface area contributed by atoms with E-state index in [1.165, 1.54) is 98.5 Å². The largest absolute Gasteiger partial charge is 0.228 e. The van der Waals surface area contributed by atoms with E-state index in [4.69, 9.17) is 9.97 Å². The summed E-state index contributed by atoms with van der Waals surface area (Å²) in [6, 6.07) is 70.6. The van der Waals surface area contributed by atoms with E-state index in [2.05, 4.69) is 188 Å². The fraction of sp³-hybridized carbons (Fsp3) is 0.107. The highest BCUT2D eigenvalue weighted by atomic mass is 14.9. The fourth-order valence-electron chi connectivity index (χ4n) is 9.89. The van der Waals surface area contributed by atoms with Crippen molar-refractivity contribution in [3.63, 3.8) is 0 Å². The third-order valence-electron chi connectivity index (χ3n) is 12.7. The highest BCUT2D eigenvalue weighted by molar-refractivity contribution is 6.01. The number of hydrogen-bond acceptors (Lipinski definition) is 2. The molecule has 2 aliphatic rings. The normalized spacial score (nSPS) is 14.0. The van der Waals surface area contributed by atoms with Gasteiger partial charge in [-0.3, -0.25) is 0 Å². The van der Waals surface area contributed by atoms with Crippen LogP contribution in [0.2, 0.25) is 0 Å². The van der Waals surface area contributed by atoms with Gasteiger partial charge in [-0.2, -0.15) is 0 Å². The molecule has 58 heavy (non-hydrogen) atoms. The van der Waals surface area contributed by atoms with Gasteiger partial charge in [0.25, 0.3) is 0 Å². The van der Waals surface area contributed by atoms with Gasteiger partial charge in [-0.15, -0.1) is 0 Å². The van der Waals surface area contributed by atoms with Crippen molar-refractivity contribution in [1.82, 2.24) is 9.97 Å². The minimum atomic E-state index is 0.0703. The molecule has 11 rings (SSSR count). The molecule has 0 bridgehead atoms. The minimum absolute atomic E-state index is 0.0703. The topological polar surface area (TPSA) is 25.8 Å². The van der Waals surface area contributed by atoms with E-state index in [1.54, 1.807) is 0 Å². The van der Waals surface area contributed by atoms with Gasteiger partial charge in [0.1, 0.15) is 0 Å². The van der Waals surface area contributed by atoms with Crippen LogP contribution in [0, 0.1) is 0 Å². The molecule has 0 unspecified atom stereocenters. The maximum absolute atomic E-state index is 5.21. The number of benzene rings is 8. The number of nitrogens with zero attached hydrogens (tertiary/aromatic N) is 2. The van der Waals surface area contributed by atoms with Crippen molar-refractivity contribution >= 4 is 10.8 Å². The summed E-state index contributed by atoms with van der Waals surface area (Å²) >= 11 is 0. The van der Waals surface area contributed by atoms with Crippen LogP contribution in [-0.4, -0.2) is 9.97 Å². The summed E-state index contributed by atoms with van der Waals surface area (Å²) in [5, 5.41) is 2.65. The summed E-state index contributed by atoms with van der Waals surface area (Å²) in [7, 11) is 0. The van der Waals surface area contributed by atoms with Crippen molar-refractivity contribution in [1.29, 1.82) is 0 Å². The van der Waals surface area contributed by atoms with E-state index in [9.17, 15) is 0 Å². The van der Waals surface area contributed by atoms with Crippen molar-refractivity contribution in [2.45, 2.75) is 37.5 Å². The summed E-state index contributed by atoms with van der Waals surface area (Å²) in [6.07, 6.45) is 6.28. The van der Waals surface area contributed by atoms with Crippen LogP contribution in [0.3, 0.4) is 0 Å². The second-order valence-corrected chi connectivity index (χ2v) is 16.0. The first-order valence-electron chi connectivity index (χ1n) is 20.7. The Morgan fingerprint density at radius 2 is 0.879 bits per heavy atom. The van der Waals surface area contributed by atoms with Gasteiger partial charge in [0.05, 0.1) is 11.4 Å². The highest BCUT2D eigenvalue weighted by Crippen LogP contribution is 2.59. The van der Waals surface area contributed by atoms with Crippen molar-refractivity contribution < 1.29 is 0 Å². The molecule has 2 nitrogen and oxygen atoms in total. The van der Waals surface area contributed by atoms with Gasteiger partial charge < -0.3 is 0 Å². The van der Waals surface area contributed by atoms with Crippen LogP contribution in [-0.2, 0) is 5.41 Å². The van der Waals surface area contributed by atoms with Gasteiger partial charge in [-0.25, -0.2) is 9.97 Å². The number of rotatable bonds is 6. The van der Waals surface area contributed by atoms with Crippen LogP contribution in [0.25, 0.3) is 89.2 Å². The molecule has 1 spiro atoms. The molecule has 1 fully saturated rings. The maximum atomic E-state index is 5.21. The van der Waals surface area contributed by atoms with E-state index in [-0.39, 0.29) is 5.41 Å². The predicted octanol–water partition coefficient (Wildman–Crippen LogP) is 14.9. The Morgan fingerprint density at radius 3 is 1.64 bits per heavy atom. The van der Waals surface area contributed by atoms with Gasteiger partial charge in [0.15, 0.2) is 5.82 Å². The van der Waals surface area contributed by atoms with Gasteiger partial charge in [-0.05, 0) is 104 Å². The lowest BCUT2D eigenvalue weighted by Crippen LogP contribution is -2.28. The van der Waals surface area contributed by atoms with Crippen LogP contribution >= 0.6 is 0 Å². The van der Waals surface area contributed by atoms with Crippen LogP contribution in [0.5, 0.6) is 0 Å². The van der Waals surface area contributed by atoms with Crippen molar-refractivity contribution in [3.05, 3.63) is 205 Å². The quantitative estimate of drug-likeness (QED) is 0.170. The first kappa shape index (κ1) is 34.4. The first-order valence-corrected chi connectivity index (χ1v) is 20.7. The summed E-state index contributed by atoms with van der Waals surface area (Å²) in [5.74, 6) is 0.716. The molecule has 1 heterocycles. The van der Waals surface area contributed by atoms with Crippen LogP contribution in [0.15, 0.2) is 194 Å². The molecule has 2 aliphatic carbocycles. The summed E-state index contributed by atoms with van der Waals surface area (Å²) in [6.45, 7) is 0. The second kappa shape index (κ2) is 14.2. The minimum Gasteiger partial charge on any atom is -0.228 e. The zero-order valence-electron chi connectivity index (χ0n) is 32.4. The standard InChI is InChI=1S/C56H42N2/c1-4-16-38(17-5-1)39-28-30-40(31-29-39)52-37-53(58-55(57-52)41-18-6-2-7-19-41)45-23-14-22-44(34-45)46-24-10-11-25-47(46)48-26-15-27-50-54(48)49-35-42-20-8-9-21-43(42)36-51(49)56(50)32-12-3-13-33-56/h1-2,4-11,14-31,34-37H,3,12-13,32-33H2. The molecule has 8 aromatic carbocycles. The van der Waals surface area contributed by atoms with E-state index in [0.717, 1.165) is 28.1 Å². The fourth-order valence-corrected chi connectivity index (χ4v) is 9.89. The Kier molecular flexibility index (Phi) is 8.43. The Morgan fingerprint density at radius 1 is 0.328 bits per heavy atom. The Bertz CT molecular complexity index is 2960. The average Bonchev–Trinajstić information content (AvgIpc) is 3.56. The van der Waals surface area contributed by atoms with Gasteiger partial charge >= 0.3 is 0 Å². The average molecular weight is 743 g/mol. The second-order valence-electron chi connectivity index (χ2n) is 16.0. The third-order valence-corrected chi connectivity index (χ3v) is 12.7. The molecule has 1 aromatic heterocycles.